The van der Waals surface area contributed by atoms with Gasteiger partial charge in [0.1, 0.15) is 0 Å². The first-order valence-electron chi connectivity index (χ1n) is 8.38. The minimum atomic E-state index is 0.453. The topological polar surface area (TPSA) is 15.3 Å². The second kappa shape index (κ2) is 6.13. The highest BCUT2D eigenvalue weighted by atomic mass is 15.2. The third kappa shape index (κ3) is 3.16. The van der Waals surface area contributed by atoms with Crippen molar-refractivity contribution in [1.82, 2.24) is 10.2 Å². The Labute approximate surface area is 120 Å². The summed E-state index contributed by atoms with van der Waals surface area (Å²) in [5.41, 5.74) is 0.453. The molecule has 2 nitrogen and oxygen atoms in total. The van der Waals surface area contributed by atoms with Gasteiger partial charge in [0, 0.05) is 18.1 Å². The molecule has 2 aliphatic carbocycles. The van der Waals surface area contributed by atoms with Crippen molar-refractivity contribution in [2.24, 2.45) is 11.3 Å². The second-order valence-electron chi connectivity index (χ2n) is 7.61. The van der Waals surface area contributed by atoms with Gasteiger partial charge in [-0.25, -0.2) is 0 Å². The summed E-state index contributed by atoms with van der Waals surface area (Å²) in [5.74, 6) is 1.00. The lowest BCUT2D eigenvalue weighted by Gasteiger charge is -2.41. The summed E-state index contributed by atoms with van der Waals surface area (Å²) in [4.78, 5) is 2.72. The van der Waals surface area contributed by atoms with E-state index in [0.717, 1.165) is 18.0 Å². The Morgan fingerprint density at radius 1 is 1.11 bits per heavy atom. The summed E-state index contributed by atoms with van der Waals surface area (Å²) in [6.45, 7) is 7.21. The Morgan fingerprint density at radius 2 is 1.74 bits per heavy atom. The lowest BCUT2D eigenvalue weighted by atomic mass is 9.82. The van der Waals surface area contributed by atoms with Gasteiger partial charge in [-0.05, 0) is 64.0 Å². The molecule has 2 heteroatoms. The highest BCUT2D eigenvalue weighted by molar-refractivity contribution is 5.01. The maximum atomic E-state index is 3.60. The van der Waals surface area contributed by atoms with Crippen molar-refractivity contribution < 1.29 is 0 Å². The third-order valence-electron chi connectivity index (χ3n) is 6.11. The van der Waals surface area contributed by atoms with Gasteiger partial charge in [0.05, 0.1) is 0 Å². The lowest BCUT2D eigenvalue weighted by molar-refractivity contribution is 0.0952. The molecular formula is C17H34N2. The molecular weight excluding hydrogens is 232 g/mol. The molecule has 0 aromatic rings. The lowest BCUT2D eigenvalue weighted by Crippen LogP contribution is -2.52. The van der Waals surface area contributed by atoms with Crippen molar-refractivity contribution in [2.75, 3.05) is 14.1 Å². The molecule has 0 aromatic carbocycles. The maximum Gasteiger partial charge on any atom is 0.0271 e. The Kier molecular flexibility index (Phi) is 4.94. The molecule has 0 saturated heterocycles. The first-order valence-corrected chi connectivity index (χ1v) is 8.38. The van der Waals surface area contributed by atoms with Crippen LogP contribution in [-0.4, -0.2) is 37.1 Å². The normalized spacial score (nSPS) is 38.8. The van der Waals surface area contributed by atoms with Crippen molar-refractivity contribution >= 4 is 0 Å². The van der Waals surface area contributed by atoms with Crippen LogP contribution in [0.15, 0.2) is 0 Å². The summed E-state index contributed by atoms with van der Waals surface area (Å²) in [7, 11) is 4.53. The van der Waals surface area contributed by atoms with Crippen molar-refractivity contribution in [2.45, 2.75) is 83.8 Å². The van der Waals surface area contributed by atoms with Gasteiger partial charge in [-0.2, -0.15) is 0 Å². The zero-order valence-corrected chi connectivity index (χ0v) is 13.7. The van der Waals surface area contributed by atoms with E-state index in [1.807, 2.05) is 0 Å². The smallest absolute Gasteiger partial charge is 0.0271 e. The van der Waals surface area contributed by atoms with E-state index >= 15 is 0 Å². The van der Waals surface area contributed by atoms with E-state index < -0.39 is 0 Å². The van der Waals surface area contributed by atoms with Gasteiger partial charge in [-0.3, -0.25) is 4.90 Å². The molecule has 0 heterocycles. The van der Waals surface area contributed by atoms with Crippen molar-refractivity contribution in [3.8, 4) is 0 Å². The number of nitrogens with one attached hydrogen (secondary N) is 1. The molecule has 0 bridgehead atoms. The van der Waals surface area contributed by atoms with Crippen LogP contribution in [0.3, 0.4) is 0 Å². The molecule has 0 radical (unpaired) electrons. The SMILES string of the molecule is CCC1CCC(N(C)C2CCC(C)(C)C2NC)CC1. The predicted octanol–water partition coefficient (Wildman–Crippen LogP) is 3.66. The Hall–Kier alpha value is -0.0800. The quantitative estimate of drug-likeness (QED) is 0.835. The zero-order chi connectivity index (χ0) is 14.0. The number of hydrogen-bond acceptors (Lipinski definition) is 2. The maximum absolute atomic E-state index is 3.60. The largest absolute Gasteiger partial charge is 0.315 e. The first-order chi connectivity index (χ1) is 8.99. The van der Waals surface area contributed by atoms with E-state index in [1.165, 1.54) is 44.9 Å². The number of rotatable bonds is 4. The van der Waals surface area contributed by atoms with E-state index in [9.17, 15) is 0 Å². The van der Waals surface area contributed by atoms with Crippen LogP contribution >= 0.6 is 0 Å². The summed E-state index contributed by atoms with van der Waals surface area (Å²) >= 11 is 0. The highest BCUT2D eigenvalue weighted by Crippen LogP contribution is 2.41. The fraction of sp³-hybridized carbons (Fsp3) is 1.00. The van der Waals surface area contributed by atoms with Crippen molar-refractivity contribution in [1.29, 1.82) is 0 Å². The molecule has 2 unspecified atom stereocenters. The minimum Gasteiger partial charge on any atom is -0.315 e. The van der Waals surface area contributed by atoms with E-state index in [-0.39, 0.29) is 0 Å². The molecule has 2 saturated carbocycles. The summed E-state index contributed by atoms with van der Waals surface area (Å²) < 4.78 is 0. The van der Waals surface area contributed by atoms with Gasteiger partial charge in [-0.15, -0.1) is 0 Å². The standard InChI is InChI=1S/C17H34N2/c1-6-13-7-9-14(10-8-13)19(5)15-11-12-17(2,3)16(15)18-4/h13-16,18H,6-12H2,1-5H3. The summed E-state index contributed by atoms with van der Waals surface area (Å²) in [6, 6.07) is 2.22. The van der Waals surface area contributed by atoms with Gasteiger partial charge < -0.3 is 5.32 Å². The average molecular weight is 266 g/mol. The fourth-order valence-electron chi connectivity index (χ4n) is 4.62. The Morgan fingerprint density at radius 3 is 2.26 bits per heavy atom. The summed E-state index contributed by atoms with van der Waals surface area (Å²) in [5, 5.41) is 3.60. The molecule has 2 fully saturated rings. The average Bonchev–Trinajstić information content (AvgIpc) is 2.72. The zero-order valence-electron chi connectivity index (χ0n) is 13.7. The van der Waals surface area contributed by atoms with Crippen molar-refractivity contribution in [3.63, 3.8) is 0 Å². The van der Waals surface area contributed by atoms with Crippen LogP contribution in [0.4, 0.5) is 0 Å². The molecule has 0 aliphatic heterocycles. The minimum absolute atomic E-state index is 0.453. The highest BCUT2D eigenvalue weighted by Gasteiger charge is 2.44. The van der Waals surface area contributed by atoms with Gasteiger partial charge in [0.25, 0.3) is 0 Å². The van der Waals surface area contributed by atoms with Crippen LogP contribution in [-0.2, 0) is 0 Å². The van der Waals surface area contributed by atoms with Gasteiger partial charge in [-0.1, -0.05) is 27.2 Å². The van der Waals surface area contributed by atoms with Crippen LogP contribution < -0.4 is 5.32 Å². The van der Waals surface area contributed by atoms with Crippen LogP contribution in [0.5, 0.6) is 0 Å². The van der Waals surface area contributed by atoms with E-state index in [1.54, 1.807) is 0 Å². The Balaban J connectivity index is 1.95. The van der Waals surface area contributed by atoms with Crippen LogP contribution in [0.2, 0.25) is 0 Å². The monoisotopic (exact) mass is 266 g/mol. The van der Waals surface area contributed by atoms with E-state index in [4.69, 9.17) is 0 Å². The third-order valence-corrected chi connectivity index (χ3v) is 6.11. The predicted molar refractivity (Wildman–Crippen MR) is 83.5 cm³/mol. The van der Waals surface area contributed by atoms with E-state index in [2.05, 4.69) is 45.1 Å². The summed E-state index contributed by atoms with van der Waals surface area (Å²) in [6.07, 6.45) is 9.84. The molecule has 0 spiro atoms. The molecule has 0 aromatic heterocycles. The Bertz CT molecular complexity index is 279. The number of likely N-dealkylation sites (N-methyl/N-ethyl adjacent to an activating group) is 2. The van der Waals surface area contributed by atoms with Gasteiger partial charge >= 0.3 is 0 Å². The first kappa shape index (κ1) is 15.3. The molecule has 0 amide bonds. The molecule has 19 heavy (non-hydrogen) atoms. The molecule has 2 aliphatic rings. The second-order valence-corrected chi connectivity index (χ2v) is 7.61. The fourth-order valence-corrected chi connectivity index (χ4v) is 4.62. The van der Waals surface area contributed by atoms with Crippen LogP contribution in [0, 0.1) is 11.3 Å². The van der Waals surface area contributed by atoms with Crippen LogP contribution in [0.25, 0.3) is 0 Å². The molecule has 1 N–H and O–H groups in total. The number of hydrogen-bond donors (Lipinski definition) is 1. The van der Waals surface area contributed by atoms with Crippen LogP contribution in [0.1, 0.15) is 65.7 Å². The molecule has 2 atom stereocenters. The molecule has 2 rings (SSSR count). The van der Waals surface area contributed by atoms with E-state index in [0.29, 0.717) is 11.5 Å². The van der Waals surface area contributed by atoms with Gasteiger partial charge in [0.2, 0.25) is 0 Å². The van der Waals surface area contributed by atoms with Crippen molar-refractivity contribution in [3.05, 3.63) is 0 Å². The molecule has 112 valence electrons. The van der Waals surface area contributed by atoms with Gasteiger partial charge in [0.15, 0.2) is 0 Å². The number of nitrogens with zero attached hydrogens (tertiary/aromatic N) is 1.